The predicted octanol–water partition coefficient (Wildman–Crippen LogP) is 2.52. The second kappa shape index (κ2) is 6.10. The van der Waals surface area contributed by atoms with Crippen LogP contribution in [-0.2, 0) is 4.74 Å². The zero-order chi connectivity index (χ0) is 15.6. The number of aromatic nitrogens is 3. The SMILES string of the molecule is O=C(N=c1sccn1C1CCOCC1)c1c[nH]c2ncccc12. The molecule has 0 spiro atoms. The number of nitrogens with one attached hydrogen (secondary N) is 1. The standard InChI is InChI=1S/C16H16N4O2S/c21-15(13-10-18-14-12(13)2-1-5-17-14)19-16-20(6-9-23-16)11-3-7-22-8-4-11/h1-2,5-6,9-11H,3-4,7-8H2,(H,17,18). The van der Waals surface area contributed by atoms with Gasteiger partial charge in [-0.3, -0.25) is 4.79 Å². The third-order valence-electron chi connectivity index (χ3n) is 4.08. The smallest absolute Gasteiger partial charge is 0.281 e. The molecule has 0 radical (unpaired) electrons. The van der Waals surface area contributed by atoms with Crippen LogP contribution in [0.1, 0.15) is 29.2 Å². The first-order valence-electron chi connectivity index (χ1n) is 7.57. The Bertz CT molecular complexity index is 902. The van der Waals surface area contributed by atoms with Gasteiger partial charge in [0.15, 0.2) is 4.80 Å². The van der Waals surface area contributed by atoms with Gasteiger partial charge >= 0.3 is 0 Å². The molecule has 3 aromatic heterocycles. The highest BCUT2D eigenvalue weighted by Crippen LogP contribution is 2.20. The number of carbonyl (C=O) groups excluding carboxylic acids is 1. The Hall–Kier alpha value is -2.25. The van der Waals surface area contributed by atoms with Crippen LogP contribution in [0.25, 0.3) is 11.0 Å². The summed E-state index contributed by atoms with van der Waals surface area (Å²) in [6.45, 7) is 1.52. The van der Waals surface area contributed by atoms with Gasteiger partial charge in [0, 0.05) is 48.6 Å². The average molecular weight is 328 g/mol. The number of rotatable bonds is 2. The van der Waals surface area contributed by atoms with E-state index >= 15 is 0 Å². The number of pyridine rings is 1. The molecule has 1 saturated heterocycles. The van der Waals surface area contributed by atoms with Gasteiger partial charge in [-0.25, -0.2) is 4.98 Å². The van der Waals surface area contributed by atoms with Gasteiger partial charge in [0.1, 0.15) is 5.65 Å². The van der Waals surface area contributed by atoms with Crippen LogP contribution in [0.4, 0.5) is 0 Å². The fourth-order valence-electron chi connectivity index (χ4n) is 2.89. The molecule has 23 heavy (non-hydrogen) atoms. The molecule has 1 amide bonds. The molecule has 6 nitrogen and oxygen atoms in total. The summed E-state index contributed by atoms with van der Waals surface area (Å²) in [5.74, 6) is -0.243. The van der Waals surface area contributed by atoms with Gasteiger partial charge in [-0.2, -0.15) is 4.99 Å². The number of hydrogen-bond donors (Lipinski definition) is 1. The largest absolute Gasteiger partial charge is 0.381 e. The molecule has 1 aliphatic rings. The van der Waals surface area contributed by atoms with E-state index in [4.69, 9.17) is 4.74 Å². The van der Waals surface area contributed by atoms with Crippen LogP contribution in [0.5, 0.6) is 0 Å². The van der Waals surface area contributed by atoms with Gasteiger partial charge in [0.25, 0.3) is 5.91 Å². The number of amides is 1. The van der Waals surface area contributed by atoms with Gasteiger partial charge in [-0.1, -0.05) is 0 Å². The number of carbonyl (C=O) groups is 1. The van der Waals surface area contributed by atoms with E-state index in [1.54, 1.807) is 12.4 Å². The molecule has 0 aromatic carbocycles. The first kappa shape index (κ1) is 14.3. The Morgan fingerprint density at radius 1 is 1.43 bits per heavy atom. The van der Waals surface area contributed by atoms with Crippen LogP contribution in [0.3, 0.4) is 0 Å². The van der Waals surface area contributed by atoms with Crippen molar-refractivity contribution in [3.63, 3.8) is 0 Å². The summed E-state index contributed by atoms with van der Waals surface area (Å²) in [4.78, 5) is 24.9. The fraction of sp³-hybridized carbons (Fsp3) is 0.312. The van der Waals surface area contributed by atoms with Gasteiger partial charge in [-0.05, 0) is 25.0 Å². The minimum absolute atomic E-state index is 0.243. The molecular weight excluding hydrogens is 312 g/mol. The van der Waals surface area contributed by atoms with Crippen LogP contribution in [0.15, 0.2) is 41.1 Å². The topological polar surface area (TPSA) is 72.3 Å². The Balaban J connectivity index is 1.70. The van der Waals surface area contributed by atoms with E-state index < -0.39 is 0 Å². The Morgan fingerprint density at radius 2 is 2.30 bits per heavy atom. The van der Waals surface area contributed by atoms with Crippen molar-refractivity contribution in [3.8, 4) is 0 Å². The zero-order valence-corrected chi connectivity index (χ0v) is 13.3. The number of H-pyrrole nitrogens is 1. The van der Waals surface area contributed by atoms with E-state index in [-0.39, 0.29) is 5.91 Å². The Labute approximate surface area is 136 Å². The highest BCUT2D eigenvalue weighted by molar-refractivity contribution is 7.07. The lowest BCUT2D eigenvalue weighted by Gasteiger charge is -2.23. The number of fused-ring (bicyclic) bond motifs is 1. The van der Waals surface area contributed by atoms with Crippen LogP contribution in [0, 0.1) is 0 Å². The van der Waals surface area contributed by atoms with Crippen molar-refractivity contribution in [3.05, 3.63) is 46.5 Å². The maximum atomic E-state index is 12.6. The highest BCUT2D eigenvalue weighted by Gasteiger charge is 2.17. The van der Waals surface area contributed by atoms with Crippen molar-refractivity contribution < 1.29 is 9.53 Å². The van der Waals surface area contributed by atoms with Crippen LogP contribution in [0.2, 0.25) is 0 Å². The van der Waals surface area contributed by atoms with E-state index in [2.05, 4.69) is 19.5 Å². The second-order valence-electron chi connectivity index (χ2n) is 5.46. The van der Waals surface area contributed by atoms with Crippen molar-refractivity contribution in [2.45, 2.75) is 18.9 Å². The van der Waals surface area contributed by atoms with Crippen molar-refractivity contribution in [1.29, 1.82) is 0 Å². The van der Waals surface area contributed by atoms with E-state index in [9.17, 15) is 4.79 Å². The summed E-state index contributed by atoms with van der Waals surface area (Å²) in [6.07, 6.45) is 7.28. The van der Waals surface area contributed by atoms with E-state index in [1.165, 1.54) is 11.3 Å². The molecule has 1 fully saturated rings. The van der Waals surface area contributed by atoms with Crippen molar-refractivity contribution in [2.75, 3.05) is 13.2 Å². The Morgan fingerprint density at radius 3 is 3.17 bits per heavy atom. The van der Waals surface area contributed by atoms with Crippen molar-refractivity contribution in [2.24, 2.45) is 4.99 Å². The molecule has 4 rings (SSSR count). The summed E-state index contributed by atoms with van der Waals surface area (Å²) in [5.41, 5.74) is 1.26. The van der Waals surface area contributed by atoms with Crippen LogP contribution < -0.4 is 4.80 Å². The van der Waals surface area contributed by atoms with Crippen LogP contribution in [-0.4, -0.2) is 33.7 Å². The van der Waals surface area contributed by atoms with E-state index in [0.717, 1.165) is 36.2 Å². The third-order valence-corrected chi connectivity index (χ3v) is 4.85. The molecule has 0 unspecified atom stereocenters. The number of thiazole rings is 1. The maximum Gasteiger partial charge on any atom is 0.281 e. The van der Waals surface area contributed by atoms with E-state index in [1.807, 2.05) is 23.7 Å². The number of nitrogens with zero attached hydrogens (tertiary/aromatic N) is 3. The molecule has 0 bridgehead atoms. The number of ether oxygens (including phenoxy) is 1. The minimum Gasteiger partial charge on any atom is -0.381 e. The zero-order valence-electron chi connectivity index (χ0n) is 12.4. The number of aromatic amines is 1. The maximum absolute atomic E-state index is 12.6. The number of hydrogen-bond acceptors (Lipinski definition) is 4. The molecule has 7 heteroatoms. The molecule has 1 aliphatic heterocycles. The summed E-state index contributed by atoms with van der Waals surface area (Å²) in [5, 5.41) is 2.77. The third kappa shape index (κ3) is 2.73. The summed E-state index contributed by atoms with van der Waals surface area (Å²) < 4.78 is 7.50. The molecule has 4 heterocycles. The minimum atomic E-state index is -0.243. The molecule has 3 aromatic rings. The van der Waals surface area contributed by atoms with Gasteiger partial charge in [-0.15, -0.1) is 11.3 Å². The quantitative estimate of drug-likeness (QED) is 0.785. The molecule has 0 saturated carbocycles. The molecule has 118 valence electrons. The normalized spacial score (nSPS) is 17.0. The molecule has 0 aliphatic carbocycles. The summed E-state index contributed by atoms with van der Waals surface area (Å²) in [7, 11) is 0. The molecule has 1 N–H and O–H groups in total. The first-order valence-corrected chi connectivity index (χ1v) is 8.45. The highest BCUT2D eigenvalue weighted by atomic mass is 32.1. The van der Waals surface area contributed by atoms with Gasteiger partial charge in [0.05, 0.1) is 5.56 Å². The average Bonchev–Trinajstić information content (AvgIpc) is 3.22. The van der Waals surface area contributed by atoms with Gasteiger partial charge in [0.2, 0.25) is 0 Å². The lowest BCUT2D eigenvalue weighted by molar-refractivity contribution is 0.0688. The van der Waals surface area contributed by atoms with Crippen molar-refractivity contribution in [1.82, 2.24) is 14.5 Å². The van der Waals surface area contributed by atoms with Crippen LogP contribution >= 0.6 is 11.3 Å². The molecular formula is C16H16N4O2S. The summed E-state index contributed by atoms with van der Waals surface area (Å²) >= 11 is 1.48. The van der Waals surface area contributed by atoms with E-state index in [0.29, 0.717) is 17.3 Å². The second-order valence-corrected chi connectivity index (χ2v) is 6.33. The summed E-state index contributed by atoms with van der Waals surface area (Å²) in [6, 6.07) is 4.05. The first-order chi connectivity index (χ1) is 11.3. The predicted molar refractivity (Wildman–Crippen MR) is 87.4 cm³/mol. The molecule has 0 atom stereocenters. The monoisotopic (exact) mass is 328 g/mol. The lowest BCUT2D eigenvalue weighted by atomic mass is 10.1. The van der Waals surface area contributed by atoms with Crippen molar-refractivity contribution >= 4 is 28.3 Å². The lowest BCUT2D eigenvalue weighted by Crippen LogP contribution is -2.26. The van der Waals surface area contributed by atoms with Gasteiger partial charge < -0.3 is 14.3 Å². The fourth-order valence-corrected chi connectivity index (χ4v) is 3.67. The Kier molecular flexibility index (Phi) is 3.80.